The molecule has 0 fully saturated rings. The average Bonchev–Trinajstić information content (AvgIpc) is 3.22. The third-order valence-electron chi connectivity index (χ3n) is 6.64. The minimum absolute atomic E-state index is 0.0161. The number of rotatable bonds is 8. The Morgan fingerprint density at radius 3 is 2.49 bits per heavy atom. The number of benzene rings is 3. The molecule has 5 rings (SSSR count). The minimum Gasteiger partial charge on any atom is -0.491 e. The van der Waals surface area contributed by atoms with Crippen LogP contribution in [0.3, 0.4) is 0 Å². The maximum absolute atomic E-state index is 14.2. The van der Waals surface area contributed by atoms with E-state index in [0.29, 0.717) is 32.1 Å². The number of nitrogens with zero attached hydrogens (tertiary/aromatic N) is 2. The molecule has 212 valence electrons. The second-order valence-electron chi connectivity index (χ2n) is 10.4. The molecule has 0 amide bonds. The van der Waals surface area contributed by atoms with Crippen LogP contribution in [-0.4, -0.2) is 29.4 Å². The molecule has 1 aromatic heterocycles. The summed E-state index contributed by atoms with van der Waals surface area (Å²) >= 11 is 1.29. The molecule has 1 aliphatic heterocycles. The van der Waals surface area contributed by atoms with Crippen molar-refractivity contribution in [2.24, 2.45) is 4.99 Å². The van der Waals surface area contributed by atoms with E-state index in [0.717, 1.165) is 21.9 Å². The van der Waals surface area contributed by atoms with Crippen molar-refractivity contribution in [1.82, 2.24) is 4.57 Å². The van der Waals surface area contributed by atoms with E-state index in [9.17, 15) is 9.59 Å². The summed E-state index contributed by atoms with van der Waals surface area (Å²) in [6, 6.07) is 18.8. The standard InChI is InChI=1S/C33H34N2O5S/c1-7-38-32(37)29-21(6)34-33-35(30(29)26-14-10-12-22-11-8-9-13-25(22)26)31(36)28(41-33)17-23-15-16-24(39-19(2)3)18-27(23)40-20(4)5/h8-20,30H,7H2,1-6H3/b28-17+/t30-/m1/s1. The number of hydrogen-bond acceptors (Lipinski definition) is 7. The fourth-order valence-electron chi connectivity index (χ4n) is 5.05. The van der Waals surface area contributed by atoms with E-state index in [-0.39, 0.29) is 24.4 Å². The molecule has 4 aromatic rings. The fraction of sp³-hybridized carbons (Fsp3) is 0.303. The second-order valence-corrected chi connectivity index (χ2v) is 11.4. The lowest BCUT2D eigenvalue weighted by Crippen LogP contribution is -2.40. The van der Waals surface area contributed by atoms with Gasteiger partial charge in [0.2, 0.25) is 0 Å². The van der Waals surface area contributed by atoms with Gasteiger partial charge in [-0.25, -0.2) is 9.79 Å². The first-order valence-corrected chi connectivity index (χ1v) is 14.6. The van der Waals surface area contributed by atoms with Gasteiger partial charge in [-0.1, -0.05) is 53.8 Å². The normalized spacial score (nSPS) is 15.3. The van der Waals surface area contributed by atoms with Crippen molar-refractivity contribution >= 4 is 34.2 Å². The van der Waals surface area contributed by atoms with Crippen LogP contribution in [0.25, 0.3) is 16.8 Å². The van der Waals surface area contributed by atoms with Crippen LogP contribution in [0.2, 0.25) is 0 Å². The number of aromatic nitrogens is 1. The van der Waals surface area contributed by atoms with Crippen molar-refractivity contribution in [3.05, 3.63) is 103 Å². The van der Waals surface area contributed by atoms with Crippen LogP contribution in [0.1, 0.15) is 58.7 Å². The Balaban J connectivity index is 1.73. The first kappa shape index (κ1) is 28.4. The van der Waals surface area contributed by atoms with Crippen molar-refractivity contribution < 1.29 is 19.0 Å². The third kappa shape index (κ3) is 5.70. The van der Waals surface area contributed by atoms with Gasteiger partial charge in [0.1, 0.15) is 11.5 Å². The van der Waals surface area contributed by atoms with Crippen molar-refractivity contribution in [2.75, 3.05) is 6.61 Å². The van der Waals surface area contributed by atoms with E-state index in [2.05, 4.69) is 0 Å². The van der Waals surface area contributed by atoms with E-state index in [1.54, 1.807) is 18.4 Å². The predicted octanol–water partition coefficient (Wildman–Crippen LogP) is 5.53. The molecule has 0 unspecified atom stereocenters. The number of ether oxygens (including phenoxy) is 3. The molecule has 0 bridgehead atoms. The highest BCUT2D eigenvalue weighted by atomic mass is 32.1. The molecule has 41 heavy (non-hydrogen) atoms. The summed E-state index contributed by atoms with van der Waals surface area (Å²) in [7, 11) is 0. The molecular formula is C33H34N2O5S. The first-order chi connectivity index (χ1) is 19.7. The second kappa shape index (κ2) is 11.7. The topological polar surface area (TPSA) is 79.1 Å². The maximum atomic E-state index is 14.2. The Hall–Kier alpha value is -4.17. The summed E-state index contributed by atoms with van der Waals surface area (Å²) in [5, 5.41) is 1.98. The highest BCUT2D eigenvalue weighted by Crippen LogP contribution is 2.35. The number of thiazole rings is 1. The molecule has 0 spiro atoms. The molecule has 8 heteroatoms. The number of fused-ring (bicyclic) bond motifs is 2. The maximum Gasteiger partial charge on any atom is 0.338 e. The molecule has 2 heterocycles. The van der Waals surface area contributed by atoms with Crippen molar-refractivity contribution in [2.45, 2.75) is 59.8 Å². The molecule has 0 saturated heterocycles. The number of esters is 1. The summed E-state index contributed by atoms with van der Waals surface area (Å²) in [5.74, 6) is 0.840. The van der Waals surface area contributed by atoms with Gasteiger partial charge >= 0.3 is 5.97 Å². The zero-order valence-corrected chi connectivity index (χ0v) is 25.0. The molecule has 1 aliphatic rings. The van der Waals surface area contributed by atoms with Crippen LogP contribution >= 0.6 is 11.3 Å². The van der Waals surface area contributed by atoms with Gasteiger partial charge in [0.15, 0.2) is 4.80 Å². The van der Waals surface area contributed by atoms with Crippen LogP contribution in [0, 0.1) is 0 Å². The number of carbonyl (C=O) groups is 1. The average molecular weight is 571 g/mol. The van der Waals surface area contributed by atoms with E-state index >= 15 is 0 Å². The summed E-state index contributed by atoms with van der Waals surface area (Å²) in [6.45, 7) is 11.6. The van der Waals surface area contributed by atoms with Gasteiger partial charge in [0.05, 0.1) is 40.7 Å². The lowest BCUT2D eigenvalue weighted by atomic mass is 9.91. The van der Waals surface area contributed by atoms with Gasteiger partial charge in [0.25, 0.3) is 5.56 Å². The van der Waals surface area contributed by atoms with Crippen LogP contribution in [0.15, 0.2) is 81.7 Å². The van der Waals surface area contributed by atoms with E-state index < -0.39 is 12.0 Å². The molecule has 0 aliphatic carbocycles. The van der Waals surface area contributed by atoms with Gasteiger partial charge in [-0.3, -0.25) is 9.36 Å². The highest BCUT2D eigenvalue weighted by Gasteiger charge is 2.34. The molecule has 0 saturated carbocycles. The lowest BCUT2D eigenvalue weighted by Gasteiger charge is -2.25. The van der Waals surface area contributed by atoms with E-state index in [1.807, 2.05) is 94.4 Å². The third-order valence-corrected chi connectivity index (χ3v) is 7.62. The number of carbonyl (C=O) groups excluding carboxylic acids is 1. The Morgan fingerprint density at radius 1 is 1.02 bits per heavy atom. The Kier molecular flexibility index (Phi) is 8.13. The largest absolute Gasteiger partial charge is 0.491 e. The highest BCUT2D eigenvalue weighted by molar-refractivity contribution is 7.07. The monoisotopic (exact) mass is 570 g/mol. The number of hydrogen-bond donors (Lipinski definition) is 0. The van der Waals surface area contributed by atoms with Gasteiger partial charge < -0.3 is 14.2 Å². The van der Waals surface area contributed by atoms with Gasteiger partial charge in [-0.2, -0.15) is 0 Å². The molecule has 0 N–H and O–H groups in total. The first-order valence-electron chi connectivity index (χ1n) is 13.8. The Labute approximate surface area is 243 Å². The lowest BCUT2D eigenvalue weighted by molar-refractivity contribution is -0.139. The van der Waals surface area contributed by atoms with E-state index in [4.69, 9.17) is 19.2 Å². The molecule has 3 aromatic carbocycles. The predicted molar refractivity (Wildman–Crippen MR) is 162 cm³/mol. The quantitative estimate of drug-likeness (QED) is 0.261. The zero-order valence-electron chi connectivity index (χ0n) is 24.1. The van der Waals surface area contributed by atoms with Crippen LogP contribution in [0.4, 0.5) is 0 Å². The van der Waals surface area contributed by atoms with Crippen molar-refractivity contribution in [1.29, 1.82) is 0 Å². The summed E-state index contributed by atoms with van der Waals surface area (Å²) < 4.78 is 19.5. The smallest absolute Gasteiger partial charge is 0.338 e. The SMILES string of the molecule is CCOC(=O)C1=C(C)N=c2s/c(=C/c3ccc(OC(C)C)cc3OC(C)C)c(=O)n2[C@@H]1c1cccc2ccccc12. The zero-order chi connectivity index (χ0) is 29.3. The molecule has 0 radical (unpaired) electrons. The molecule has 1 atom stereocenters. The van der Waals surface area contributed by atoms with Gasteiger partial charge in [0, 0.05) is 11.6 Å². The van der Waals surface area contributed by atoms with Crippen molar-refractivity contribution in [3.63, 3.8) is 0 Å². The minimum atomic E-state index is -0.688. The molecular weight excluding hydrogens is 536 g/mol. The fourth-order valence-corrected chi connectivity index (χ4v) is 6.09. The summed E-state index contributed by atoms with van der Waals surface area (Å²) in [6.07, 6.45) is 1.77. The van der Waals surface area contributed by atoms with Gasteiger partial charge in [-0.05, 0) is 76.1 Å². The summed E-state index contributed by atoms with van der Waals surface area (Å²) in [5.41, 5.74) is 2.25. The number of allylic oxidation sites excluding steroid dienone is 1. The molecule has 7 nitrogen and oxygen atoms in total. The van der Waals surface area contributed by atoms with E-state index in [1.165, 1.54) is 11.3 Å². The Bertz CT molecular complexity index is 1830. The summed E-state index contributed by atoms with van der Waals surface area (Å²) in [4.78, 5) is 32.7. The van der Waals surface area contributed by atoms with Crippen LogP contribution in [0.5, 0.6) is 11.5 Å². The van der Waals surface area contributed by atoms with Crippen LogP contribution in [-0.2, 0) is 9.53 Å². The van der Waals surface area contributed by atoms with Gasteiger partial charge in [-0.15, -0.1) is 0 Å². The Morgan fingerprint density at radius 2 is 1.76 bits per heavy atom. The van der Waals surface area contributed by atoms with Crippen molar-refractivity contribution in [3.8, 4) is 11.5 Å². The van der Waals surface area contributed by atoms with Crippen LogP contribution < -0.4 is 24.4 Å².